The summed E-state index contributed by atoms with van der Waals surface area (Å²) in [5.41, 5.74) is 6.26. The summed E-state index contributed by atoms with van der Waals surface area (Å²) in [4.78, 5) is 0. The van der Waals surface area contributed by atoms with E-state index in [1.54, 1.807) is 9.36 Å². The quantitative estimate of drug-likeness (QED) is 0.558. The van der Waals surface area contributed by atoms with Gasteiger partial charge in [0.1, 0.15) is 0 Å². The van der Waals surface area contributed by atoms with Crippen molar-refractivity contribution >= 4 is 6.08 Å². The molecule has 0 aliphatic heterocycles. The van der Waals surface area contributed by atoms with Gasteiger partial charge in [-0.3, -0.25) is 14.0 Å². The van der Waals surface area contributed by atoms with Crippen LogP contribution in [0.25, 0.3) is 28.6 Å². The van der Waals surface area contributed by atoms with Gasteiger partial charge in [0, 0.05) is 37.6 Å². The van der Waals surface area contributed by atoms with E-state index in [2.05, 4.69) is 47.1 Å². The molecular weight excluding hydrogens is 324 g/mol. The maximum absolute atomic E-state index is 4.82. The van der Waals surface area contributed by atoms with Gasteiger partial charge in [0.2, 0.25) is 0 Å². The Balaban J connectivity index is 1.75. The third-order valence-corrected chi connectivity index (χ3v) is 4.33. The van der Waals surface area contributed by atoms with Crippen LogP contribution < -0.4 is 0 Å². The van der Waals surface area contributed by atoms with Gasteiger partial charge in [-0.15, -0.1) is 0 Å². The van der Waals surface area contributed by atoms with E-state index in [-0.39, 0.29) is 0 Å². The predicted octanol–water partition coefficient (Wildman–Crippen LogP) is 3.38. The van der Waals surface area contributed by atoms with Crippen LogP contribution in [-0.4, -0.2) is 29.3 Å². The first-order valence-electron chi connectivity index (χ1n) is 8.39. The maximum Gasteiger partial charge on any atom is 0.0961 e. The van der Waals surface area contributed by atoms with Crippen molar-refractivity contribution in [1.29, 1.82) is 0 Å². The maximum atomic E-state index is 4.82. The molecule has 4 aromatic rings. The minimum absolute atomic E-state index is 0.682. The molecule has 0 atom stereocenters. The number of hydrogen-bond donors (Lipinski definition) is 0. The van der Waals surface area contributed by atoms with E-state index in [0.29, 0.717) is 6.54 Å². The smallest absolute Gasteiger partial charge is 0.0961 e. The number of benzene rings is 1. The van der Waals surface area contributed by atoms with E-state index in [0.717, 1.165) is 28.1 Å². The van der Waals surface area contributed by atoms with Crippen molar-refractivity contribution < 1.29 is 0 Å². The van der Waals surface area contributed by atoms with Gasteiger partial charge in [0.25, 0.3) is 0 Å². The molecule has 0 fully saturated rings. The fourth-order valence-electron chi connectivity index (χ4n) is 2.95. The van der Waals surface area contributed by atoms with Crippen LogP contribution in [0.5, 0.6) is 0 Å². The molecule has 0 aliphatic rings. The van der Waals surface area contributed by atoms with Crippen LogP contribution >= 0.6 is 0 Å². The third-order valence-electron chi connectivity index (χ3n) is 4.33. The second kappa shape index (κ2) is 6.48. The summed E-state index contributed by atoms with van der Waals surface area (Å²) >= 11 is 0. The zero-order valence-corrected chi connectivity index (χ0v) is 14.9. The van der Waals surface area contributed by atoms with Crippen LogP contribution in [0.2, 0.25) is 0 Å². The molecule has 26 heavy (non-hydrogen) atoms. The van der Waals surface area contributed by atoms with Crippen molar-refractivity contribution in [1.82, 2.24) is 29.3 Å². The van der Waals surface area contributed by atoms with Gasteiger partial charge in [-0.05, 0) is 17.2 Å². The molecule has 0 unspecified atom stereocenters. The lowest BCUT2D eigenvalue weighted by Gasteiger charge is -2.06. The lowest BCUT2D eigenvalue weighted by atomic mass is 10.1. The van der Waals surface area contributed by atoms with Gasteiger partial charge in [-0.25, -0.2) is 0 Å². The van der Waals surface area contributed by atoms with Gasteiger partial charge >= 0.3 is 0 Å². The highest BCUT2D eigenvalue weighted by molar-refractivity contribution is 5.67. The van der Waals surface area contributed by atoms with E-state index in [1.165, 1.54) is 5.56 Å². The lowest BCUT2D eigenvalue weighted by molar-refractivity contribution is 0.696. The van der Waals surface area contributed by atoms with Crippen molar-refractivity contribution in [2.45, 2.75) is 6.54 Å². The average molecular weight is 344 g/mol. The van der Waals surface area contributed by atoms with E-state index in [4.69, 9.17) is 5.10 Å². The summed E-state index contributed by atoms with van der Waals surface area (Å²) in [6.07, 6.45) is 9.51. The van der Waals surface area contributed by atoms with E-state index in [9.17, 15) is 0 Å². The number of rotatable bonds is 5. The Morgan fingerprint density at radius 2 is 1.62 bits per heavy atom. The predicted molar refractivity (Wildman–Crippen MR) is 102 cm³/mol. The minimum atomic E-state index is 0.682. The number of nitrogens with zero attached hydrogens (tertiary/aromatic N) is 6. The second-order valence-corrected chi connectivity index (χ2v) is 6.32. The van der Waals surface area contributed by atoms with Crippen molar-refractivity contribution in [2.24, 2.45) is 14.1 Å². The van der Waals surface area contributed by atoms with Crippen LogP contribution in [0.1, 0.15) is 11.1 Å². The summed E-state index contributed by atoms with van der Waals surface area (Å²) in [5, 5.41) is 13.4. The molecule has 0 bridgehead atoms. The highest BCUT2D eigenvalue weighted by Crippen LogP contribution is 2.26. The number of aromatic nitrogens is 6. The number of hydrogen-bond acceptors (Lipinski definition) is 3. The Kier molecular flexibility index (Phi) is 4.01. The fraction of sp³-hybridized carbons (Fsp3) is 0.150. The Labute approximate surface area is 152 Å². The summed E-state index contributed by atoms with van der Waals surface area (Å²) in [7, 11) is 3.82. The summed E-state index contributed by atoms with van der Waals surface area (Å²) in [6, 6.07) is 10.4. The van der Waals surface area contributed by atoms with Crippen LogP contribution in [0, 0.1) is 0 Å². The molecular formula is C20H20N6. The highest BCUT2D eigenvalue weighted by atomic mass is 15.3. The topological polar surface area (TPSA) is 53.5 Å². The van der Waals surface area contributed by atoms with Crippen LogP contribution in [0.3, 0.4) is 0 Å². The Hall–Kier alpha value is -3.41. The van der Waals surface area contributed by atoms with Crippen LogP contribution in [-0.2, 0) is 20.6 Å². The molecule has 0 saturated carbocycles. The average Bonchev–Trinajstić information content (AvgIpc) is 3.35. The van der Waals surface area contributed by atoms with Crippen molar-refractivity contribution in [3.63, 3.8) is 0 Å². The van der Waals surface area contributed by atoms with Crippen molar-refractivity contribution in [3.8, 4) is 22.5 Å². The monoisotopic (exact) mass is 344 g/mol. The van der Waals surface area contributed by atoms with Gasteiger partial charge in [0.05, 0.1) is 30.3 Å². The zero-order chi connectivity index (χ0) is 18.1. The molecule has 0 spiro atoms. The first-order valence-corrected chi connectivity index (χ1v) is 8.39. The van der Waals surface area contributed by atoms with E-state index in [1.807, 2.05) is 49.6 Å². The van der Waals surface area contributed by atoms with Crippen LogP contribution in [0.15, 0.2) is 61.7 Å². The fourth-order valence-corrected chi connectivity index (χ4v) is 2.95. The SMILES string of the molecule is C=Cc1ccc(Cn2nc(-c3cnn(C)c3)cc2-c2cnn(C)c2)cc1. The molecule has 1 aromatic carbocycles. The van der Waals surface area contributed by atoms with Gasteiger partial charge < -0.3 is 0 Å². The van der Waals surface area contributed by atoms with Gasteiger partial charge in [0.15, 0.2) is 0 Å². The van der Waals surface area contributed by atoms with Crippen LogP contribution in [0.4, 0.5) is 0 Å². The van der Waals surface area contributed by atoms with Crippen molar-refractivity contribution in [3.05, 3.63) is 72.8 Å². The summed E-state index contributed by atoms with van der Waals surface area (Å²) < 4.78 is 5.60. The summed E-state index contributed by atoms with van der Waals surface area (Å²) in [6.45, 7) is 4.49. The molecule has 0 amide bonds. The standard InChI is InChI=1S/C20H20N6/c1-4-15-5-7-16(8-6-15)12-26-20(18-11-22-25(3)14-18)9-19(23-26)17-10-21-24(2)13-17/h4-11,13-14H,1,12H2,2-3H3. The van der Waals surface area contributed by atoms with Gasteiger partial charge in [-0.1, -0.05) is 36.9 Å². The molecule has 6 heteroatoms. The largest absolute Gasteiger partial charge is 0.275 e. The molecule has 0 aliphatic carbocycles. The van der Waals surface area contributed by atoms with Gasteiger partial charge in [-0.2, -0.15) is 15.3 Å². The normalized spacial score (nSPS) is 11.0. The zero-order valence-electron chi connectivity index (χ0n) is 14.9. The minimum Gasteiger partial charge on any atom is -0.275 e. The number of aryl methyl sites for hydroxylation is 2. The molecule has 0 N–H and O–H groups in total. The second-order valence-electron chi connectivity index (χ2n) is 6.32. The molecule has 3 aromatic heterocycles. The molecule has 3 heterocycles. The van der Waals surface area contributed by atoms with E-state index < -0.39 is 0 Å². The van der Waals surface area contributed by atoms with Crippen molar-refractivity contribution in [2.75, 3.05) is 0 Å². The first kappa shape index (κ1) is 16.1. The Morgan fingerprint density at radius 1 is 0.962 bits per heavy atom. The Bertz CT molecular complexity index is 1050. The molecule has 0 saturated heterocycles. The first-order chi connectivity index (χ1) is 12.6. The third kappa shape index (κ3) is 3.09. The molecule has 130 valence electrons. The molecule has 6 nitrogen and oxygen atoms in total. The lowest BCUT2D eigenvalue weighted by Crippen LogP contribution is -2.03. The highest BCUT2D eigenvalue weighted by Gasteiger charge is 2.14. The molecule has 0 radical (unpaired) electrons. The van der Waals surface area contributed by atoms with E-state index >= 15 is 0 Å². The molecule has 4 rings (SSSR count). The summed E-state index contributed by atoms with van der Waals surface area (Å²) in [5.74, 6) is 0. The Morgan fingerprint density at radius 3 is 2.19 bits per heavy atom.